The van der Waals surface area contributed by atoms with Crippen molar-refractivity contribution in [1.82, 2.24) is 9.80 Å². The SMILES string of the molecule is CN1CCN(C(=O)CC(C)(C)CC(=O)OC2C3CC4CC(C3)CC2(C(N)=O)C4)CC1. The zero-order valence-corrected chi connectivity index (χ0v) is 18.7. The predicted octanol–water partition coefficient (Wildman–Crippen LogP) is 1.79. The molecule has 168 valence electrons. The summed E-state index contributed by atoms with van der Waals surface area (Å²) in [6, 6.07) is 0. The number of hydrogen-bond donors (Lipinski definition) is 1. The number of piperazine rings is 1. The first-order valence-electron chi connectivity index (χ1n) is 11.5. The van der Waals surface area contributed by atoms with Gasteiger partial charge in [-0.15, -0.1) is 0 Å². The van der Waals surface area contributed by atoms with Crippen LogP contribution in [0.1, 0.15) is 58.8 Å². The Morgan fingerprint density at radius 1 is 1.00 bits per heavy atom. The lowest BCUT2D eigenvalue weighted by atomic mass is 9.48. The Morgan fingerprint density at radius 3 is 2.17 bits per heavy atom. The van der Waals surface area contributed by atoms with Gasteiger partial charge in [-0.25, -0.2) is 0 Å². The van der Waals surface area contributed by atoms with Gasteiger partial charge in [-0.05, 0) is 62.3 Å². The first kappa shape index (κ1) is 21.6. The topological polar surface area (TPSA) is 92.9 Å². The molecule has 30 heavy (non-hydrogen) atoms. The second-order valence-corrected chi connectivity index (χ2v) is 11.2. The lowest BCUT2D eigenvalue weighted by Crippen LogP contribution is -2.62. The molecule has 0 aromatic carbocycles. The molecule has 4 bridgehead atoms. The minimum absolute atomic E-state index is 0.101. The van der Waals surface area contributed by atoms with Crippen LogP contribution in [0.25, 0.3) is 0 Å². The quantitative estimate of drug-likeness (QED) is 0.663. The summed E-state index contributed by atoms with van der Waals surface area (Å²) in [6.45, 7) is 7.14. The van der Waals surface area contributed by atoms with Crippen LogP contribution in [0.2, 0.25) is 0 Å². The smallest absolute Gasteiger partial charge is 0.306 e. The first-order chi connectivity index (χ1) is 14.1. The molecule has 3 unspecified atom stereocenters. The van der Waals surface area contributed by atoms with Crippen LogP contribution in [-0.2, 0) is 19.1 Å². The number of amides is 2. The Hall–Kier alpha value is -1.63. The van der Waals surface area contributed by atoms with Gasteiger partial charge in [-0.2, -0.15) is 0 Å². The van der Waals surface area contributed by atoms with Crippen molar-refractivity contribution in [2.45, 2.75) is 64.9 Å². The van der Waals surface area contributed by atoms with E-state index in [1.54, 1.807) is 0 Å². The number of carbonyl (C=O) groups is 3. The van der Waals surface area contributed by atoms with Crippen molar-refractivity contribution < 1.29 is 19.1 Å². The fourth-order valence-electron chi connectivity index (χ4n) is 6.76. The van der Waals surface area contributed by atoms with Crippen molar-refractivity contribution in [3.05, 3.63) is 0 Å². The number of carbonyl (C=O) groups excluding carboxylic acids is 3. The normalized spacial score (nSPS) is 36.0. The van der Waals surface area contributed by atoms with Crippen molar-refractivity contribution in [2.24, 2.45) is 34.3 Å². The van der Waals surface area contributed by atoms with Crippen molar-refractivity contribution in [1.29, 1.82) is 0 Å². The average molecular weight is 420 g/mol. The van der Waals surface area contributed by atoms with E-state index in [0.717, 1.165) is 51.9 Å². The van der Waals surface area contributed by atoms with Gasteiger partial charge in [-0.3, -0.25) is 14.4 Å². The highest BCUT2D eigenvalue weighted by Crippen LogP contribution is 2.61. The fraction of sp³-hybridized carbons (Fsp3) is 0.870. The maximum atomic E-state index is 12.9. The van der Waals surface area contributed by atoms with E-state index in [4.69, 9.17) is 10.5 Å². The molecule has 0 radical (unpaired) electrons. The molecule has 5 rings (SSSR count). The molecule has 2 N–H and O–H groups in total. The number of primary amides is 1. The van der Waals surface area contributed by atoms with Gasteiger partial charge in [0.1, 0.15) is 6.10 Å². The molecule has 1 saturated heterocycles. The summed E-state index contributed by atoms with van der Waals surface area (Å²) >= 11 is 0. The third-order valence-corrected chi connectivity index (χ3v) is 8.08. The molecule has 5 fully saturated rings. The third kappa shape index (κ3) is 4.10. The lowest BCUT2D eigenvalue weighted by Gasteiger charge is -2.58. The summed E-state index contributed by atoms with van der Waals surface area (Å²) in [4.78, 5) is 42.2. The van der Waals surface area contributed by atoms with Crippen LogP contribution in [0.3, 0.4) is 0 Å². The summed E-state index contributed by atoms with van der Waals surface area (Å²) < 4.78 is 6.00. The van der Waals surface area contributed by atoms with Gasteiger partial charge < -0.3 is 20.3 Å². The molecule has 2 amide bonds. The zero-order chi connectivity index (χ0) is 21.7. The summed E-state index contributed by atoms with van der Waals surface area (Å²) in [5.74, 6) is 0.838. The average Bonchev–Trinajstić information content (AvgIpc) is 2.63. The number of hydrogen-bond acceptors (Lipinski definition) is 5. The summed E-state index contributed by atoms with van der Waals surface area (Å²) in [5.41, 5.74) is 4.70. The Kier molecular flexibility index (Phi) is 5.62. The van der Waals surface area contributed by atoms with E-state index in [9.17, 15) is 14.4 Å². The van der Waals surface area contributed by atoms with E-state index in [0.29, 0.717) is 18.3 Å². The molecule has 1 heterocycles. The summed E-state index contributed by atoms with van der Waals surface area (Å²) in [7, 11) is 2.06. The molecular weight excluding hydrogens is 382 g/mol. The summed E-state index contributed by atoms with van der Waals surface area (Å²) in [5, 5.41) is 0. The van der Waals surface area contributed by atoms with Gasteiger partial charge in [0.15, 0.2) is 0 Å². The van der Waals surface area contributed by atoms with Gasteiger partial charge in [0.25, 0.3) is 0 Å². The second-order valence-electron chi connectivity index (χ2n) is 11.2. The Balaban J connectivity index is 1.36. The Morgan fingerprint density at radius 2 is 1.60 bits per heavy atom. The number of rotatable bonds is 6. The maximum absolute atomic E-state index is 12.9. The minimum Gasteiger partial charge on any atom is -0.461 e. The predicted molar refractivity (Wildman–Crippen MR) is 112 cm³/mol. The van der Waals surface area contributed by atoms with Crippen molar-refractivity contribution in [3.8, 4) is 0 Å². The van der Waals surface area contributed by atoms with Crippen LogP contribution in [0.5, 0.6) is 0 Å². The van der Waals surface area contributed by atoms with E-state index >= 15 is 0 Å². The van der Waals surface area contributed by atoms with Gasteiger partial charge >= 0.3 is 5.97 Å². The molecule has 7 heteroatoms. The third-order valence-electron chi connectivity index (χ3n) is 8.08. The number of esters is 1. The number of ether oxygens (including phenoxy) is 1. The maximum Gasteiger partial charge on any atom is 0.306 e. The van der Waals surface area contributed by atoms with E-state index in [2.05, 4.69) is 11.9 Å². The summed E-state index contributed by atoms with van der Waals surface area (Å²) in [6.07, 6.45) is 4.90. The van der Waals surface area contributed by atoms with E-state index in [-0.39, 0.29) is 36.2 Å². The van der Waals surface area contributed by atoms with E-state index in [1.165, 1.54) is 6.42 Å². The number of nitrogens with two attached hydrogens (primary N) is 1. The molecule has 4 saturated carbocycles. The molecule has 7 nitrogen and oxygen atoms in total. The molecular formula is C23H37N3O4. The van der Waals surface area contributed by atoms with Gasteiger partial charge in [0.05, 0.1) is 11.8 Å². The van der Waals surface area contributed by atoms with Crippen LogP contribution in [0, 0.1) is 28.6 Å². The molecule has 0 spiro atoms. The van der Waals surface area contributed by atoms with Crippen LogP contribution < -0.4 is 5.73 Å². The first-order valence-corrected chi connectivity index (χ1v) is 11.5. The largest absolute Gasteiger partial charge is 0.461 e. The second kappa shape index (κ2) is 7.81. The van der Waals surface area contributed by atoms with Crippen molar-refractivity contribution in [3.63, 3.8) is 0 Å². The van der Waals surface area contributed by atoms with Crippen LogP contribution >= 0.6 is 0 Å². The molecule has 3 atom stereocenters. The molecule has 0 aromatic rings. The monoisotopic (exact) mass is 419 g/mol. The van der Waals surface area contributed by atoms with Gasteiger partial charge in [0.2, 0.25) is 11.8 Å². The van der Waals surface area contributed by atoms with E-state index < -0.39 is 10.8 Å². The number of nitrogens with zero attached hydrogens (tertiary/aromatic N) is 2. The lowest BCUT2D eigenvalue weighted by molar-refractivity contribution is -0.197. The van der Waals surface area contributed by atoms with Gasteiger partial charge in [-0.1, -0.05) is 13.8 Å². The van der Waals surface area contributed by atoms with Gasteiger partial charge in [0, 0.05) is 32.6 Å². The molecule has 0 aromatic heterocycles. The Labute approximate surface area is 179 Å². The number of likely N-dealkylation sites (N-methyl/N-ethyl adjacent to an activating group) is 1. The highest BCUT2D eigenvalue weighted by Gasteiger charge is 2.61. The van der Waals surface area contributed by atoms with Crippen LogP contribution in [-0.4, -0.2) is 66.9 Å². The molecule has 1 aliphatic heterocycles. The molecule has 4 aliphatic carbocycles. The zero-order valence-electron chi connectivity index (χ0n) is 18.7. The van der Waals surface area contributed by atoms with E-state index in [1.807, 2.05) is 18.7 Å². The highest BCUT2D eigenvalue weighted by molar-refractivity contribution is 5.83. The fourth-order valence-corrected chi connectivity index (χ4v) is 6.76. The van der Waals surface area contributed by atoms with Crippen LogP contribution in [0.15, 0.2) is 0 Å². The standard InChI is InChI=1S/C23H37N3O4/c1-22(2,13-18(27)26-6-4-25(3)5-7-26)14-19(28)30-20-17-9-15-8-16(10-17)12-23(20,11-15)21(24)29/h15-17,20H,4-14H2,1-3H3,(H2,24,29). The minimum atomic E-state index is -0.676. The molecule has 5 aliphatic rings. The van der Waals surface area contributed by atoms with Crippen molar-refractivity contribution >= 4 is 17.8 Å². The van der Waals surface area contributed by atoms with Crippen molar-refractivity contribution in [2.75, 3.05) is 33.2 Å². The van der Waals surface area contributed by atoms with Crippen LogP contribution in [0.4, 0.5) is 0 Å². The highest BCUT2D eigenvalue weighted by atomic mass is 16.5. The Bertz CT molecular complexity index is 699.